The van der Waals surface area contributed by atoms with E-state index in [-0.39, 0.29) is 22.7 Å². The highest BCUT2D eigenvalue weighted by Gasteiger charge is 2.13. The number of benzene rings is 1. The third-order valence-electron chi connectivity index (χ3n) is 1.83. The number of nitrogens with two attached hydrogens (primary N) is 2. The van der Waals surface area contributed by atoms with Gasteiger partial charge in [0.1, 0.15) is 5.82 Å². The van der Waals surface area contributed by atoms with E-state index in [0.29, 0.717) is 0 Å². The minimum absolute atomic E-state index is 0.0389. The number of nitrogens with zero attached hydrogens (tertiary/aromatic N) is 1. The van der Waals surface area contributed by atoms with E-state index in [1.54, 1.807) is 0 Å². The lowest BCUT2D eigenvalue weighted by Crippen LogP contribution is -2.11. The van der Waals surface area contributed by atoms with Crippen LogP contribution in [0.4, 0.5) is 10.1 Å². The topological polar surface area (TPSA) is 75.8 Å². The zero-order valence-corrected chi connectivity index (χ0v) is 8.05. The zero-order chi connectivity index (χ0) is 10.7. The molecule has 0 spiro atoms. The number of halogens is 2. The molecule has 0 unspecified atom stereocenters. The summed E-state index contributed by atoms with van der Waals surface area (Å²) in [4.78, 5) is 0. The van der Waals surface area contributed by atoms with Crippen LogP contribution in [-0.4, -0.2) is 0 Å². The predicted octanol–water partition coefficient (Wildman–Crippen LogP) is 1.97. The largest absolute Gasteiger partial charge is 0.397 e. The molecule has 4 N–H and O–H groups in total. The Labute approximate surface area is 86.1 Å². The average molecular weight is 214 g/mol. The lowest BCUT2D eigenvalue weighted by Gasteiger charge is -2.10. The smallest absolute Gasteiger partial charge is 0.130 e. The van der Waals surface area contributed by atoms with Crippen molar-refractivity contribution in [3.63, 3.8) is 0 Å². The van der Waals surface area contributed by atoms with E-state index in [1.807, 2.05) is 6.07 Å². The molecule has 0 aliphatic rings. The van der Waals surface area contributed by atoms with Crippen LogP contribution in [0.2, 0.25) is 5.02 Å². The minimum atomic E-state index is -0.668. The number of nitrogen functional groups attached to an aromatic ring is 1. The number of rotatable bonds is 2. The first-order chi connectivity index (χ1) is 6.56. The van der Waals surface area contributed by atoms with Crippen molar-refractivity contribution in [2.24, 2.45) is 5.73 Å². The second kappa shape index (κ2) is 4.27. The third kappa shape index (κ3) is 2.13. The van der Waals surface area contributed by atoms with Crippen molar-refractivity contribution in [2.75, 3.05) is 5.73 Å². The molecule has 3 nitrogen and oxygen atoms in total. The van der Waals surface area contributed by atoms with Gasteiger partial charge in [-0.15, -0.1) is 0 Å². The van der Waals surface area contributed by atoms with Crippen molar-refractivity contribution < 1.29 is 4.39 Å². The van der Waals surface area contributed by atoms with Gasteiger partial charge in [0.2, 0.25) is 0 Å². The van der Waals surface area contributed by atoms with Crippen molar-refractivity contribution in [1.29, 1.82) is 5.26 Å². The maximum Gasteiger partial charge on any atom is 0.130 e. The molecule has 0 aliphatic carbocycles. The molecule has 0 heterocycles. The van der Waals surface area contributed by atoms with Gasteiger partial charge in [-0.1, -0.05) is 11.6 Å². The first-order valence-electron chi connectivity index (χ1n) is 3.93. The summed E-state index contributed by atoms with van der Waals surface area (Å²) in [6.07, 6.45) is 0.0389. The van der Waals surface area contributed by atoms with Crippen LogP contribution in [-0.2, 0) is 0 Å². The molecule has 1 atom stereocenters. The van der Waals surface area contributed by atoms with Gasteiger partial charge in [0.15, 0.2) is 0 Å². The highest BCUT2D eigenvalue weighted by molar-refractivity contribution is 6.33. The standard InChI is InChI=1S/C9H9ClFN3/c10-6-3-5(8(13)1-2-12)7(11)4-9(6)14/h3-4,8H,1,13-14H2/t8-/m1/s1. The zero-order valence-electron chi connectivity index (χ0n) is 7.30. The minimum Gasteiger partial charge on any atom is -0.397 e. The molecule has 0 saturated heterocycles. The molecule has 1 aromatic carbocycles. The van der Waals surface area contributed by atoms with E-state index in [0.717, 1.165) is 6.07 Å². The lowest BCUT2D eigenvalue weighted by atomic mass is 10.0. The molecule has 0 bridgehead atoms. The maximum atomic E-state index is 13.3. The predicted molar refractivity (Wildman–Crippen MR) is 53.0 cm³/mol. The van der Waals surface area contributed by atoms with Crippen LogP contribution in [0, 0.1) is 17.1 Å². The van der Waals surface area contributed by atoms with Crippen LogP contribution < -0.4 is 11.5 Å². The molecule has 0 saturated carbocycles. The van der Waals surface area contributed by atoms with Crippen molar-refractivity contribution in [3.8, 4) is 6.07 Å². The summed E-state index contributed by atoms with van der Waals surface area (Å²) in [5.74, 6) is -0.533. The van der Waals surface area contributed by atoms with Crippen LogP contribution in [0.5, 0.6) is 0 Å². The van der Waals surface area contributed by atoms with E-state index in [2.05, 4.69) is 0 Å². The Kier molecular flexibility index (Phi) is 3.28. The van der Waals surface area contributed by atoms with Gasteiger partial charge in [-0.2, -0.15) is 5.26 Å². The lowest BCUT2D eigenvalue weighted by molar-refractivity contribution is 0.585. The first-order valence-corrected chi connectivity index (χ1v) is 4.31. The summed E-state index contributed by atoms with van der Waals surface area (Å²) < 4.78 is 13.3. The van der Waals surface area contributed by atoms with Gasteiger partial charge in [0, 0.05) is 11.6 Å². The molecule has 14 heavy (non-hydrogen) atoms. The molecule has 5 heteroatoms. The second-order valence-electron chi connectivity index (χ2n) is 2.86. The Hall–Kier alpha value is -1.31. The van der Waals surface area contributed by atoms with Gasteiger partial charge in [-0.05, 0) is 12.1 Å². The fourth-order valence-corrected chi connectivity index (χ4v) is 1.24. The third-order valence-corrected chi connectivity index (χ3v) is 2.15. The van der Waals surface area contributed by atoms with E-state index in [1.165, 1.54) is 6.07 Å². The number of hydrogen-bond acceptors (Lipinski definition) is 3. The Balaban J connectivity index is 3.10. The Bertz CT molecular complexity index is 386. The Morgan fingerprint density at radius 2 is 2.21 bits per heavy atom. The second-order valence-corrected chi connectivity index (χ2v) is 3.27. The van der Waals surface area contributed by atoms with Crippen LogP contribution in [0.3, 0.4) is 0 Å². The van der Waals surface area contributed by atoms with Gasteiger partial charge in [-0.25, -0.2) is 4.39 Å². The van der Waals surface area contributed by atoms with E-state index >= 15 is 0 Å². The average Bonchev–Trinajstić information content (AvgIpc) is 2.11. The quantitative estimate of drug-likeness (QED) is 0.738. The van der Waals surface area contributed by atoms with Gasteiger partial charge in [0.05, 0.1) is 23.2 Å². The molecule has 1 aromatic rings. The summed E-state index contributed by atoms with van der Waals surface area (Å²) in [6.45, 7) is 0. The number of nitriles is 1. The van der Waals surface area contributed by atoms with Gasteiger partial charge >= 0.3 is 0 Å². The highest BCUT2D eigenvalue weighted by atomic mass is 35.5. The summed E-state index contributed by atoms with van der Waals surface area (Å²) in [7, 11) is 0. The SMILES string of the molecule is N#CC[C@@H](N)c1cc(Cl)c(N)cc1F. The van der Waals surface area contributed by atoms with Crippen molar-refractivity contribution in [1.82, 2.24) is 0 Å². The molecule has 0 aliphatic heterocycles. The summed E-state index contributed by atoms with van der Waals surface area (Å²) in [5.41, 5.74) is 11.3. The molecule has 0 fully saturated rings. The molecular weight excluding hydrogens is 205 g/mol. The monoisotopic (exact) mass is 213 g/mol. The van der Waals surface area contributed by atoms with Crippen LogP contribution in [0.1, 0.15) is 18.0 Å². The van der Waals surface area contributed by atoms with Crippen LogP contribution in [0.15, 0.2) is 12.1 Å². The molecule has 74 valence electrons. The maximum absolute atomic E-state index is 13.3. The summed E-state index contributed by atoms with van der Waals surface area (Å²) in [6, 6.07) is 3.65. The Morgan fingerprint density at radius 1 is 1.57 bits per heavy atom. The number of hydrogen-bond donors (Lipinski definition) is 2. The molecule has 0 amide bonds. The molecular formula is C9H9ClFN3. The highest BCUT2D eigenvalue weighted by Crippen LogP contribution is 2.26. The van der Waals surface area contributed by atoms with Gasteiger partial charge in [-0.3, -0.25) is 0 Å². The van der Waals surface area contributed by atoms with Crippen molar-refractivity contribution in [3.05, 3.63) is 28.5 Å². The Morgan fingerprint density at radius 3 is 2.79 bits per heavy atom. The van der Waals surface area contributed by atoms with Crippen molar-refractivity contribution in [2.45, 2.75) is 12.5 Å². The summed E-state index contributed by atoms with van der Waals surface area (Å²) in [5, 5.41) is 8.65. The van der Waals surface area contributed by atoms with E-state index in [4.69, 9.17) is 28.3 Å². The van der Waals surface area contributed by atoms with Crippen molar-refractivity contribution >= 4 is 17.3 Å². The fourth-order valence-electron chi connectivity index (χ4n) is 1.07. The van der Waals surface area contributed by atoms with E-state index in [9.17, 15) is 4.39 Å². The van der Waals surface area contributed by atoms with Crippen LogP contribution in [0.25, 0.3) is 0 Å². The molecule has 0 aromatic heterocycles. The number of anilines is 1. The summed E-state index contributed by atoms with van der Waals surface area (Å²) >= 11 is 5.70. The van der Waals surface area contributed by atoms with Gasteiger partial charge < -0.3 is 11.5 Å². The van der Waals surface area contributed by atoms with E-state index < -0.39 is 11.9 Å². The molecule has 0 radical (unpaired) electrons. The van der Waals surface area contributed by atoms with Gasteiger partial charge in [0.25, 0.3) is 0 Å². The first kappa shape index (κ1) is 10.8. The fraction of sp³-hybridized carbons (Fsp3) is 0.222. The normalized spacial score (nSPS) is 12.1. The molecule has 1 rings (SSSR count). The van der Waals surface area contributed by atoms with Crippen LogP contribution >= 0.6 is 11.6 Å².